The van der Waals surface area contributed by atoms with Crippen molar-refractivity contribution in [2.75, 3.05) is 24.4 Å². The zero-order valence-electron chi connectivity index (χ0n) is 13.7. The number of rotatable bonds is 6. The van der Waals surface area contributed by atoms with Crippen LogP contribution in [0, 0.1) is 0 Å². The molecular formula is C18H21N3O3. The SMILES string of the molecule is COCC(=O)Nc1ccc(NC(=O)NC(C)c2ccccc2)cc1. The molecule has 0 radical (unpaired) electrons. The van der Waals surface area contributed by atoms with Crippen LogP contribution in [0.25, 0.3) is 0 Å². The van der Waals surface area contributed by atoms with Crippen molar-refractivity contribution in [3.63, 3.8) is 0 Å². The average molecular weight is 327 g/mol. The summed E-state index contributed by atoms with van der Waals surface area (Å²) in [5.74, 6) is -0.229. The monoisotopic (exact) mass is 327 g/mol. The highest BCUT2D eigenvalue weighted by Crippen LogP contribution is 2.15. The van der Waals surface area contributed by atoms with Gasteiger partial charge in [0.25, 0.3) is 0 Å². The van der Waals surface area contributed by atoms with Crippen molar-refractivity contribution in [3.8, 4) is 0 Å². The van der Waals surface area contributed by atoms with Gasteiger partial charge in [-0.3, -0.25) is 4.79 Å². The van der Waals surface area contributed by atoms with Crippen LogP contribution in [0.3, 0.4) is 0 Å². The molecule has 1 atom stereocenters. The van der Waals surface area contributed by atoms with Gasteiger partial charge in [-0.05, 0) is 36.8 Å². The Morgan fingerprint density at radius 2 is 1.54 bits per heavy atom. The fraction of sp³-hybridized carbons (Fsp3) is 0.222. The molecule has 24 heavy (non-hydrogen) atoms. The number of ether oxygens (including phenoxy) is 1. The molecule has 0 bridgehead atoms. The van der Waals surface area contributed by atoms with E-state index in [-0.39, 0.29) is 24.6 Å². The van der Waals surface area contributed by atoms with E-state index in [9.17, 15) is 9.59 Å². The van der Waals surface area contributed by atoms with Gasteiger partial charge in [0.05, 0.1) is 6.04 Å². The summed E-state index contributed by atoms with van der Waals surface area (Å²) in [7, 11) is 1.46. The number of nitrogens with one attached hydrogen (secondary N) is 3. The lowest BCUT2D eigenvalue weighted by atomic mass is 10.1. The number of methoxy groups -OCH3 is 1. The maximum absolute atomic E-state index is 12.0. The molecule has 0 spiro atoms. The van der Waals surface area contributed by atoms with Gasteiger partial charge in [0.1, 0.15) is 6.61 Å². The highest BCUT2D eigenvalue weighted by Gasteiger charge is 2.09. The molecule has 0 fully saturated rings. The van der Waals surface area contributed by atoms with E-state index in [0.29, 0.717) is 11.4 Å². The van der Waals surface area contributed by atoms with Crippen molar-refractivity contribution in [1.82, 2.24) is 5.32 Å². The Hall–Kier alpha value is -2.86. The second kappa shape index (κ2) is 8.69. The molecule has 0 heterocycles. The number of carbonyl (C=O) groups excluding carboxylic acids is 2. The lowest BCUT2D eigenvalue weighted by molar-refractivity contribution is -0.119. The van der Waals surface area contributed by atoms with Crippen LogP contribution in [-0.4, -0.2) is 25.7 Å². The van der Waals surface area contributed by atoms with Gasteiger partial charge in [-0.15, -0.1) is 0 Å². The summed E-state index contributed by atoms with van der Waals surface area (Å²) in [6, 6.07) is 16.2. The number of urea groups is 1. The van der Waals surface area contributed by atoms with Crippen LogP contribution in [0.15, 0.2) is 54.6 Å². The van der Waals surface area contributed by atoms with E-state index in [4.69, 9.17) is 4.74 Å². The molecule has 0 saturated heterocycles. The third kappa shape index (κ3) is 5.40. The minimum Gasteiger partial charge on any atom is -0.375 e. The van der Waals surface area contributed by atoms with Crippen LogP contribution < -0.4 is 16.0 Å². The van der Waals surface area contributed by atoms with E-state index < -0.39 is 0 Å². The van der Waals surface area contributed by atoms with Crippen LogP contribution in [0.4, 0.5) is 16.2 Å². The molecule has 0 aliphatic heterocycles. The molecule has 3 N–H and O–H groups in total. The molecule has 0 aromatic heterocycles. The van der Waals surface area contributed by atoms with Crippen molar-refractivity contribution in [2.45, 2.75) is 13.0 Å². The zero-order chi connectivity index (χ0) is 17.4. The Morgan fingerprint density at radius 1 is 0.958 bits per heavy atom. The first kappa shape index (κ1) is 17.5. The van der Waals surface area contributed by atoms with Crippen molar-refractivity contribution < 1.29 is 14.3 Å². The first-order chi connectivity index (χ1) is 11.6. The summed E-state index contributed by atoms with van der Waals surface area (Å²) in [6.07, 6.45) is 0. The van der Waals surface area contributed by atoms with E-state index in [1.54, 1.807) is 24.3 Å². The van der Waals surface area contributed by atoms with Crippen molar-refractivity contribution in [1.29, 1.82) is 0 Å². The number of hydrogen-bond donors (Lipinski definition) is 3. The van der Waals surface area contributed by atoms with Crippen molar-refractivity contribution >= 4 is 23.3 Å². The average Bonchev–Trinajstić information content (AvgIpc) is 2.57. The largest absolute Gasteiger partial charge is 0.375 e. The first-order valence-electron chi connectivity index (χ1n) is 7.60. The van der Waals surface area contributed by atoms with E-state index in [0.717, 1.165) is 5.56 Å². The maximum atomic E-state index is 12.0. The fourth-order valence-corrected chi connectivity index (χ4v) is 2.15. The van der Waals surface area contributed by atoms with E-state index >= 15 is 0 Å². The lowest BCUT2D eigenvalue weighted by Gasteiger charge is -2.15. The van der Waals surface area contributed by atoms with Crippen LogP contribution in [-0.2, 0) is 9.53 Å². The number of benzene rings is 2. The number of carbonyl (C=O) groups is 2. The van der Waals surface area contributed by atoms with Crippen LogP contribution in [0.1, 0.15) is 18.5 Å². The second-order valence-electron chi connectivity index (χ2n) is 5.29. The van der Waals surface area contributed by atoms with Gasteiger partial charge in [-0.1, -0.05) is 30.3 Å². The normalized spacial score (nSPS) is 11.4. The summed E-state index contributed by atoms with van der Waals surface area (Å²) in [4.78, 5) is 23.5. The topological polar surface area (TPSA) is 79.5 Å². The third-order valence-corrected chi connectivity index (χ3v) is 3.35. The molecule has 6 heteroatoms. The second-order valence-corrected chi connectivity index (χ2v) is 5.29. The number of anilines is 2. The van der Waals surface area contributed by atoms with E-state index in [1.807, 2.05) is 37.3 Å². The van der Waals surface area contributed by atoms with Gasteiger partial charge in [0.15, 0.2) is 0 Å². The quantitative estimate of drug-likeness (QED) is 0.762. The molecule has 0 aliphatic rings. The van der Waals surface area contributed by atoms with Gasteiger partial charge >= 0.3 is 6.03 Å². The minimum absolute atomic E-state index is 0.000217. The molecule has 126 valence electrons. The summed E-state index contributed by atoms with van der Waals surface area (Å²) in [6.45, 7) is 1.92. The van der Waals surface area contributed by atoms with Crippen molar-refractivity contribution in [2.24, 2.45) is 0 Å². The number of amides is 3. The van der Waals surface area contributed by atoms with Crippen LogP contribution in [0.5, 0.6) is 0 Å². The predicted molar refractivity (Wildman–Crippen MR) is 94.0 cm³/mol. The predicted octanol–water partition coefficient (Wildman–Crippen LogP) is 3.15. The molecule has 2 rings (SSSR count). The fourth-order valence-electron chi connectivity index (χ4n) is 2.15. The highest BCUT2D eigenvalue weighted by molar-refractivity contribution is 5.93. The molecule has 3 amide bonds. The molecule has 0 aliphatic carbocycles. The first-order valence-corrected chi connectivity index (χ1v) is 7.60. The van der Waals surface area contributed by atoms with Gasteiger partial charge in [-0.2, -0.15) is 0 Å². The minimum atomic E-state index is -0.289. The van der Waals surface area contributed by atoms with Gasteiger partial charge < -0.3 is 20.7 Å². The Labute approximate surface area is 141 Å². The standard InChI is InChI=1S/C18H21N3O3/c1-13(14-6-4-3-5-7-14)19-18(23)21-16-10-8-15(9-11-16)20-17(22)12-24-2/h3-11,13H,12H2,1-2H3,(H,20,22)(H2,19,21,23). The lowest BCUT2D eigenvalue weighted by Crippen LogP contribution is -2.31. The maximum Gasteiger partial charge on any atom is 0.319 e. The van der Waals surface area contributed by atoms with Gasteiger partial charge in [-0.25, -0.2) is 4.79 Å². The Balaban J connectivity index is 1.86. The molecule has 0 saturated carbocycles. The smallest absolute Gasteiger partial charge is 0.319 e. The van der Waals surface area contributed by atoms with E-state index in [2.05, 4.69) is 16.0 Å². The van der Waals surface area contributed by atoms with Gasteiger partial charge in [0.2, 0.25) is 5.91 Å². The summed E-state index contributed by atoms with van der Waals surface area (Å²) >= 11 is 0. The van der Waals surface area contributed by atoms with Crippen LogP contribution in [0.2, 0.25) is 0 Å². The Morgan fingerprint density at radius 3 is 2.12 bits per heavy atom. The third-order valence-electron chi connectivity index (χ3n) is 3.35. The summed E-state index contributed by atoms with van der Waals surface area (Å²) < 4.78 is 4.75. The highest BCUT2D eigenvalue weighted by atomic mass is 16.5. The van der Waals surface area contributed by atoms with Crippen LogP contribution >= 0.6 is 0 Å². The molecule has 2 aromatic carbocycles. The molecule has 1 unspecified atom stereocenters. The Bertz CT molecular complexity index is 672. The zero-order valence-corrected chi connectivity index (χ0v) is 13.7. The number of hydrogen-bond acceptors (Lipinski definition) is 3. The molecule has 6 nitrogen and oxygen atoms in total. The molecule has 2 aromatic rings. The summed E-state index contributed by atoms with van der Waals surface area (Å²) in [5, 5.41) is 8.32. The van der Waals surface area contributed by atoms with Crippen molar-refractivity contribution in [3.05, 3.63) is 60.2 Å². The van der Waals surface area contributed by atoms with Gasteiger partial charge in [0, 0.05) is 18.5 Å². The molecular weight excluding hydrogens is 306 g/mol. The Kier molecular flexibility index (Phi) is 6.33. The summed E-state index contributed by atoms with van der Waals surface area (Å²) in [5.41, 5.74) is 2.31. The van der Waals surface area contributed by atoms with E-state index in [1.165, 1.54) is 7.11 Å².